The van der Waals surface area contributed by atoms with Crippen LogP contribution >= 0.6 is 11.6 Å². The largest absolute Gasteiger partial charge is 0.381 e. The van der Waals surface area contributed by atoms with Gasteiger partial charge in [0.1, 0.15) is 0 Å². The molecule has 0 radical (unpaired) electrons. The topological polar surface area (TPSA) is 70.7 Å². The zero-order chi connectivity index (χ0) is 23.2. The number of aryl methyl sites for hydroxylation is 2. The van der Waals surface area contributed by atoms with Crippen LogP contribution in [0.15, 0.2) is 55.0 Å². The molecule has 6 rings (SSSR count). The van der Waals surface area contributed by atoms with E-state index in [1.54, 1.807) is 10.9 Å². The second-order valence-electron chi connectivity index (χ2n) is 8.93. The minimum absolute atomic E-state index is 0.0906. The highest BCUT2D eigenvalue weighted by Gasteiger charge is 2.31. The van der Waals surface area contributed by atoms with Crippen molar-refractivity contribution in [3.8, 4) is 11.3 Å². The van der Waals surface area contributed by atoms with E-state index in [2.05, 4.69) is 56.3 Å². The van der Waals surface area contributed by atoms with E-state index in [-0.39, 0.29) is 6.04 Å². The zero-order valence-corrected chi connectivity index (χ0v) is 19.9. The number of pyridine rings is 2. The van der Waals surface area contributed by atoms with Gasteiger partial charge < -0.3 is 9.30 Å². The lowest BCUT2D eigenvalue weighted by Crippen LogP contribution is -2.27. The Morgan fingerprint density at radius 3 is 2.62 bits per heavy atom. The van der Waals surface area contributed by atoms with Crippen molar-refractivity contribution in [3.63, 3.8) is 0 Å². The van der Waals surface area contributed by atoms with E-state index in [0.717, 1.165) is 64.9 Å². The zero-order valence-electron chi connectivity index (χ0n) is 19.1. The van der Waals surface area contributed by atoms with E-state index >= 15 is 0 Å². The molecular formula is C26H25ClN6O. The quantitative estimate of drug-likeness (QED) is 0.352. The molecule has 8 heteroatoms. The Morgan fingerprint density at radius 2 is 1.88 bits per heavy atom. The summed E-state index contributed by atoms with van der Waals surface area (Å²) in [5.41, 5.74) is 6.96. The van der Waals surface area contributed by atoms with Crippen LogP contribution in [-0.2, 0) is 11.8 Å². The maximum Gasteiger partial charge on any atom is 0.0976 e. The summed E-state index contributed by atoms with van der Waals surface area (Å²) in [4.78, 5) is 9.31. The molecule has 7 nitrogen and oxygen atoms in total. The summed E-state index contributed by atoms with van der Waals surface area (Å²) in [6.45, 7) is 3.51. The van der Waals surface area contributed by atoms with Crippen LogP contribution in [-0.4, -0.2) is 42.7 Å². The number of nitrogens with zero attached hydrogens (tertiary/aromatic N) is 6. The number of halogens is 1. The molecule has 172 valence electrons. The maximum atomic E-state index is 6.83. The number of fused-ring (bicyclic) bond motifs is 3. The number of hydrogen-bond acceptors (Lipinski definition) is 5. The second kappa shape index (κ2) is 8.49. The van der Waals surface area contributed by atoms with Gasteiger partial charge in [-0.25, -0.2) is 4.68 Å². The lowest BCUT2D eigenvalue weighted by molar-refractivity contribution is 0.0553. The van der Waals surface area contributed by atoms with Crippen molar-refractivity contribution >= 4 is 33.5 Å². The monoisotopic (exact) mass is 472 g/mol. The molecule has 0 unspecified atom stereocenters. The van der Waals surface area contributed by atoms with Crippen LogP contribution in [0.2, 0.25) is 5.02 Å². The van der Waals surface area contributed by atoms with Crippen LogP contribution in [0, 0.1) is 12.8 Å². The first-order valence-electron chi connectivity index (χ1n) is 11.6. The Hall–Kier alpha value is -3.29. The fourth-order valence-electron chi connectivity index (χ4n) is 5.40. The molecule has 5 aromatic rings. The summed E-state index contributed by atoms with van der Waals surface area (Å²) in [5.74, 6) is 0.406. The number of rotatable bonds is 4. The van der Waals surface area contributed by atoms with Crippen LogP contribution < -0.4 is 0 Å². The van der Waals surface area contributed by atoms with E-state index in [4.69, 9.17) is 21.3 Å². The molecule has 0 saturated carbocycles. The van der Waals surface area contributed by atoms with Crippen LogP contribution in [0.1, 0.15) is 30.1 Å². The highest BCUT2D eigenvalue weighted by atomic mass is 35.5. The number of ether oxygens (including phenoxy) is 1. The molecule has 1 aromatic carbocycles. The molecule has 0 aliphatic carbocycles. The molecule has 1 fully saturated rings. The van der Waals surface area contributed by atoms with Gasteiger partial charge in [0.25, 0.3) is 0 Å². The molecule has 34 heavy (non-hydrogen) atoms. The van der Waals surface area contributed by atoms with Crippen molar-refractivity contribution in [2.75, 3.05) is 13.2 Å². The minimum atomic E-state index is 0.0906. The van der Waals surface area contributed by atoms with Crippen LogP contribution in [0.4, 0.5) is 0 Å². The third kappa shape index (κ3) is 3.38. The van der Waals surface area contributed by atoms with Gasteiger partial charge in [-0.2, -0.15) is 0 Å². The predicted molar refractivity (Wildman–Crippen MR) is 133 cm³/mol. The van der Waals surface area contributed by atoms with Gasteiger partial charge in [0.05, 0.1) is 39.0 Å². The van der Waals surface area contributed by atoms with E-state index in [1.165, 1.54) is 5.56 Å². The summed E-state index contributed by atoms with van der Waals surface area (Å²) in [6.07, 6.45) is 7.46. The van der Waals surface area contributed by atoms with Gasteiger partial charge in [-0.15, -0.1) is 5.10 Å². The van der Waals surface area contributed by atoms with Crippen molar-refractivity contribution in [1.29, 1.82) is 0 Å². The average molecular weight is 473 g/mol. The lowest BCUT2D eigenvalue weighted by Gasteiger charge is -2.33. The molecule has 1 atom stereocenters. The molecule has 1 aliphatic heterocycles. The van der Waals surface area contributed by atoms with Crippen LogP contribution in [0.3, 0.4) is 0 Å². The fourth-order valence-corrected chi connectivity index (χ4v) is 5.65. The van der Waals surface area contributed by atoms with Gasteiger partial charge in [-0.05, 0) is 37.3 Å². The highest BCUT2D eigenvalue weighted by molar-refractivity contribution is 6.36. The summed E-state index contributed by atoms with van der Waals surface area (Å²) in [6, 6.07) is 13.0. The Labute approximate surface area is 202 Å². The molecular weight excluding hydrogens is 448 g/mol. The molecule has 0 amide bonds. The molecule has 1 saturated heterocycles. The van der Waals surface area contributed by atoms with Gasteiger partial charge in [0.15, 0.2) is 0 Å². The van der Waals surface area contributed by atoms with E-state index in [9.17, 15) is 0 Å². The normalized spacial score (nSPS) is 15.9. The third-order valence-electron chi connectivity index (χ3n) is 6.90. The van der Waals surface area contributed by atoms with Crippen LogP contribution in [0.5, 0.6) is 0 Å². The van der Waals surface area contributed by atoms with Crippen molar-refractivity contribution < 1.29 is 4.74 Å². The van der Waals surface area contributed by atoms with Crippen LogP contribution in [0.25, 0.3) is 33.2 Å². The molecule has 0 bridgehead atoms. The first-order chi connectivity index (χ1) is 16.6. The molecule has 0 N–H and O–H groups in total. The van der Waals surface area contributed by atoms with Gasteiger partial charge in [-0.3, -0.25) is 9.97 Å². The SMILES string of the molecule is Cc1nnn(C)c1-c1cnc2c3cncc(Cl)c3n([C@H](c3ccccc3)C3CCOCC3)c2c1. The third-order valence-corrected chi connectivity index (χ3v) is 7.17. The summed E-state index contributed by atoms with van der Waals surface area (Å²) in [7, 11) is 1.91. The fraction of sp³-hybridized carbons (Fsp3) is 0.308. The molecule has 0 spiro atoms. The standard InChI is InChI=1S/C26H25ClN6O/c1-16-24(32(2)31-30-16)19-12-22-23(29-13-19)20-14-28-15-21(27)26(20)33(22)25(17-6-4-3-5-7-17)18-8-10-34-11-9-18/h3-7,12-15,18,25H,8-11H2,1-2H3/t25-/m1/s1. The highest BCUT2D eigenvalue weighted by Crippen LogP contribution is 2.42. The first-order valence-corrected chi connectivity index (χ1v) is 11.9. The second-order valence-corrected chi connectivity index (χ2v) is 9.34. The Balaban J connectivity index is 1.69. The van der Waals surface area contributed by atoms with Gasteiger partial charge in [0, 0.05) is 49.8 Å². The maximum absolute atomic E-state index is 6.83. The Kier molecular flexibility index (Phi) is 5.31. The Bertz CT molecular complexity index is 1470. The van der Waals surface area contributed by atoms with Crippen molar-refractivity contribution in [2.24, 2.45) is 13.0 Å². The van der Waals surface area contributed by atoms with Gasteiger partial charge in [0.2, 0.25) is 0 Å². The van der Waals surface area contributed by atoms with Gasteiger partial charge in [-0.1, -0.05) is 47.1 Å². The number of aromatic nitrogens is 6. The molecule has 1 aliphatic rings. The van der Waals surface area contributed by atoms with Crippen molar-refractivity contribution in [1.82, 2.24) is 29.5 Å². The number of benzene rings is 1. The molecule has 5 heterocycles. The smallest absolute Gasteiger partial charge is 0.0976 e. The van der Waals surface area contributed by atoms with E-state index in [0.29, 0.717) is 10.9 Å². The summed E-state index contributed by atoms with van der Waals surface area (Å²) >= 11 is 6.83. The minimum Gasteiger partial charge on any atom is -0.381 e. The van der Waals surface area contributed by atoms with E-state index in [1.807, 2.05) is 26.4 Å². The number of hydrogen-bond donors (Lipinski definition) is 0. The summed E-state index contributed by atoms with van der Waals surface area (Å²) in [5, 5.41) is 10.0. The van der Waals surface area contributed by atoms with Crippen molar-refractivity contribution in [2.45, 2.75) is 25.8 Å². The lowest BCUT2D eigenvalue weighted by atomic mass is 9.86. The van der Waals surface area contributed by atoms with Gasteiger partial charge >= 0.3 is 0 Å². The van der Waals surface area contributed by atoms with E-state index < -0.39 is 0 Å². The predicted octanol–water partition coefficient (Wildman–Crippen LogP) is 5.36. The Morgan fingerprint density at radius 1 is 1.09 bits per heavy atom. The molecule has 4 aromatic heterocycles. The first kappa shape index (κ1) is 21.3. The summed E-state index contributed by atoms with van der Waals surface area (Å²) < 4.78 is 9.90. The average Bonchev–Trinajstić information content (AvgIpc) is 3.38. The van der Waals surface area contributed by atoms with Crippen molar-refractivity contribution in [3.05, 3.63) is 71.3 Å².